The van der Waals surface area contributed by atoms with Crippen LogP contribution in [0.15, 0.2) is 30.3 Å². The molecule has 5 rings (SSSR count). The summed E-state index contributed by atoms with van der Waals surface area (Å²) in [7, 11) is 0. The molecule has 0 saturated carbocycles. The van der Waals surface area contributed by atoms with E-state index in [0.717, 1.165) is 41.9 Å². The van der Waals surface area contributed by atoms with Crippen molar-refractivity contribution in [3.05, 3.63) is 52.8 Å². The average Bonchev–Trinajstić information content (AvgIpc) is 3.62. The number of amides is 3. The van der Waals surface area contributed by atoms with Crippen LogP contribution in [-0.2, 0) is 15.7 Å². The lowest BCUT2D eigenvalue weighted by molar-refractivity contribution is -0.137. The van der Waals surface area contributed by atoms with Gasteiger partial charge in [-0.25, -0.2) is 9.59 Å². The summed E-state index contributed by atoms with van der Waals surface area (Å²) in [6.07, 6.45) is -2.52. The van der Waals surface area contributed by atoms with E-state index in [4.69, 9.17) is 9.47 Å². The van der Waals surface area contributed by atoms with Crippen molar-refractivity contribution in [1.29, 1.82) is 0 Å². The van der Waals surface area contributed by atoms with Gasteiger partial charge in [0.25, 0.3) is 0 Å². The van der Waals surface area contributed by atoms with Crippen molar-refractivity contribution in [3.63, 3.8) is 0 Å². The number of morpholine rings is 1. The largest absolute Gasteiger partial charge is 0.444 e. The fraction of sp³-hybridized carbons (Fsp3) is 0.621. The highest BCUT2D eigenvalue weighted by atomic mass is 19.4. The summed E-state index contributed by atoms with van der Waals surface area (Å²) in [4.78, 5) is 31.6. The second-order valence-electron chi connectivity index (χ2n) is 12.1. The number of H-pyrrole nitrogens is 1. The zero-order valence-corrected chi connectivity index (χ0v) is 23.7. The molecule has 4 heterocycles. The van der Waals surface area contributed by atoms with Crippen molar-refractivity contribution in [3.8, 4) is 0 Å². The van der Waals surface area contributed by atoms with Gasteiger partial charge in [0.15, 0.2) is 0 Å². The summed E-state index contributed by atoms with van der Waals surface area (Å²) < 4.78 is 50.6. The number of benzene rings is 1. The highest BCUT2D eigenvalue weighted by Gasteiger charge is 2.38. The second kappa shape index (κ2) is 11.5. The highest BCUT2D eigenvalue weighted by molar-refractivity contribution is 5.75. The fourth-order valence-electron chi connectivity index (χ4n) is 5.97. The smallest absolute Gasteiger partial charge is 0.416 e. The van der Waals surface area contributed by atoms with Gasteiger partial charge in [0.2, 0.25) is 0 Å². The van der Waals surface area contributed by atoms with Crippen LogP contribution >= 0.6 is 0 Å². The number of halogens is 3. The number of hydrogen-bond acceptors (Lipinski definition) is 5. The van der Waals surface area contributed by atoms with Crippen LogP contribution in [0.3, 0.4) is 0 Å². The van der Waals surface area contributed by atoms with E-state index in [-0.39, 0.29) is 30.0 Å². The number of nitrogens with zero attached hydrogens (tertiary/aromatic N) is 4. The zero-order valence-electron chi connectivity index (χ0n) is 23.7. The van der Waals surface area contributed by atoms with Crippen LogP contribution in [0.4, 0.5) is 22.8 Å². The fourth-order valence-corrected chi connectivity index (χ4v) is 5.97. The average molecular weight is 578 g/mol. The van der Waals surface area contributed by atoms with E-state index in [2.05, 4.69) is 10.2 Å². The third kappa shape index (κ3) is 6.79. The Bertz CT molecular complexity index is 1220. The Kier molecular flexibility index (Phi) is 8.22. The normalized spacial score (nSPS) is 24.0. The van der Waals surface area contributed by atoms with E-state index in [9.17, 15) is 22.8 Å². The van der Waals surface area contributed by atoms with Crippen molar-refractivity contribution >= 4 is 12.1 Å². The molecule has 2 aromatic rings. The Morgan fingerprint density at radius 2 is 1.68 bits per heavy atom. The monoisotopic (exact) mass is 577 g/mol. The van der Waals surface area contributed by atoms with Gasteiger partial charge in [0.1, 0.15) is 5.60 Å². The van der Waals surface area contributed by atoms with Gasteiger partial charge in [-0.05, 0) is 63.8 Å². The van der Waals surface area contributed by atoms with Gasteiger partial charge in [-0.3, -0.25) is 10.00 Å². The number of aromatic amines is 1. The lowest BCUT2D eigenvalue weighted by atomic mass is 9.82. The summed E-state index contributed by atoms with van der Waals surface area (Å²) in [6, 6.07) is 6.91. The molecule has 3 fully saturated rings. The maximum absolute atomic E-state index is 13.5. The number of aromatic nitrogens is 2. The molecule has 9 nitrogen and oxygen atoms in total. The number of likely N-dealkylation sites (tertiary alicyclic amines) is 2. The minimum Gasteiger partial charge on any atom is -0.444 e. The first-order chi connectivity index (χ1) is 19.4. The van der Waals surface area contributed by atoms with E-state index in [1.54, 1.807) is 14.7 Å². The predicted octanol–water partition coefficient (Wildman–Crippen LogP) is 5.53. The Morgan fingerprint density at radius 1 is 1.00 bits per heavy atom. The van der Waals surface area contributed by atoms with Gasteiger partial charge < -0.3 is 19.3 Å². The molecule has 3 amide bonds. The predicted molar refractivity (Wildman–Crippen MR) is 144 cm³/mol. The second-order valence-corrected chi connectivity index (χ2v) is 12.1. The molecule has 1 N–H and O–H groups in total. The van der Waals surface area contributed by atoms with Crippen molar-refractivity contribution < 1.29 is 32.2 Å². The van der Waals surface area contributed by atoms with Crippen LogP contribution in [0.5, 0.6) is 0 Å². The molecule has 3 aliphatic heterocycles. The SMILES string of the molecule is CC(C)(C)OC(=O)N1CCC[C@H]1c1cc([C@H]2C[C@@H](c3ccc(C(F)(F)F)cc3)CN(C(=O)N3CCOCC3)C2)n[nH]1. The lowest BCUT2D eigenvalue weighted by Gasteiger charge is -2.40. The van der Waals surface area contributed by atoms with Gasteiger partial charge in [0, 0.05) is 44.6 Å². The number of hydrogen-bond donors (Lipinski definition) is 1. The maximum Gasteiger partial charge on any atom is 0.416 e. The molecular formula is C29H38F3N5O4. The Labute approximate surface area is 237 Å². The van der Waals surface area contributed by atoms with Crippen molar-refractivity contribution in [1.82, 2.24) is 24.9 Å². The van der Waals surface area contributed by atoms with Gasteiger partial charge in [-0.2, -0.15) is 18.3 Å². The summed E-state index contributed by atoms with van der Waals surface area (Å²) in [5.74, 6) is -0.298. The zero-order chi connectivity index (χ0) is 29.4. The number of ether oxygens (including phenoxy) is 2. The molecule has 3 atom stereocenters. The number of carbonyl (C=O) groups excluding carboxylic acids is 2. The van der Waals surface area contributed by atoms with Crippen LogP contribution in [-0.4, -0.2) is 88.6 Å². The summed E-state index contributed by atoms with van der Waals surface area (Å²) in [5, 5.41) is 7.73. The molecule has 3 saturated heterocycles. The molecule has 1 aromatic heterocycles. The molecule has 0 radical (unpaired) electrons. The molecule has 1 aromatic carbocycles. The highest BCUT2D eigenvalue weighted by Crippen LogP contribution is 2.39. The first-order valence-electron chi connectivity index (χ1n) is 14.2. The third-order valence-electron chi connectivity index (χ3n) is 7.99. The molecule has 0 aliphatic carbocycles. The summed E-state index contributed by atoms with van der Waals surface area (Å²) >= 11 is 0. The molecule has 12 heteroatoms. The molecule has 0 unspecified atom stereocenters. The van der Waals surface area contributed by atoms with Crippen LogP contribution < -0.4 is 0 Å². The third-order valence-corrected chi connectivity index (χ3v) is 7.99. The molecule has 41 heavy (non-hydrogen) atoms. The van der Waals surface area contributed by atoms with Gasteiger partial charge in [-0.15, -0.1) is 0 Å². The number of piperidine rings is 1. The minimum atomic E-state index is -4.41. The van der Waals surface area contributed by atoms with Crippen LogP contribution in [0.25, 0.3) is 0 Å². The maximum atomic E-state index is 13.5. The quantitative estimate of drug-likeness (QED) is 0.519. The summed E-state index contributed by atoms with van der Waals surface area (Å²) in [5.41, 5.74) is 1.04. The molecular weight excluding hydrogens is 539 g/mol. The van der Waals surface area contributed by atoms with Gasteiger partial charge >= 0.3 is 18.3 Å². The van der Waals surface area contributed by atoms with Gasteiger partial charge in [-0.1, -0.05) is 12.1 Å². The van der Waals surface area contributed by atoms with Crippen LogP contribution in [0.1, 0.15) is 80.4 Å². The number of nitrogens with one attached hydrogen (secondary N) is 1. The van der Waals surface area contributed by atoms with Crippen molar-refractivity contribution in [2.24, 2.45) is 0 Å². The summed E-state index contributed by atoms with van der Waals surface area (Å²) in [6.45, 7) is 8.91. The first kappa shape index (κ1) is 29.2. The number of alkyl halides is 3. The minimum absolute atomic E-state index is 0.0995. The van der Waals surface area contributed by atoms with Crippen molar-refractivity contribution in [2.75, 3.05) is 45.9 Å². The Balaban J connectivity index is 1.37. The Morgan fingerprint density at radius 3 is 2.34 bits per heavy atom. The van der Waals surface area contributed by atoms with E-state index in [0.29, 0.717) is 52.4 Å². The standard InChI is InChI=1S/C29H38F3N5O4/c1-28(2,3)41-27(39)37-10-4-5-25(37)24-16-23(33-34-24)21-15-20(19-6-8-22(9-7-19)29(30,31)32)17-36(18-21)26(38)35-11-13-40-14-12-35/h6-9,16,20-21,25H,4-5,10-15,17-18H2,1-3H3,(H,33,34)/t20-,21+,25+/m1/s1. The molecule has 0 bridgehead atoms. The number of carbonyl (C=O) groups is 2. The number of rotatable bonds is 3. The van der Waals surface area contributed by atoms with Gasteiger partial charge in [0.05, 0.1) is 36.2 Å². The molecule has 224 valence electrons. The topological polar surface area (TPSA) is 91.0 Å². The van der Waals surface area contributed by atoms with Crippen LogP contribution in [0, 0.1) is 0 Å². The first-order valence-corrected chi connectivity index (χ1v) is 14.2. The van der Waals surface area contributed by atoms with E-state index in [1.807, 2.05) is 26.8 Å². The Hall–Kier alpha value is -3.28. The lowest BCUT2D eigenvalue weighted by Crippen LogP contribution is -2.52. The van der Waals surface area contributed by atoms with Crippen LogP contribution in [0.2, 0.25) is 0 Å². The van der Waals surface area contributed by atoms with E-state index in [1.165, 1.54) is 12.1 Å². The van der Waals surface area contributed by atoms with E-state index < -0.39 is 17.3 Å². The van der Waals surface area contributed by atoms with Crippen molar-refractivity contribution in [2.45, 2.75) is 69.7 Å². The molecule has 3 aliphatic rings. The number of urea groups is 1. The van der Waals surface area contributed by atoms with E-state index >= 15 is 0 Å². The molecule has 0 spiro atoms.